The van der Waals surface area contributed by atoms with Crippen molar-refractivity contribution in [3.05, 3.63) is 41.3 Å². The Kier molecular flexibility index (Phi) is 4.42. The Morgan fingerprint density at radius 3 is 3.05 bits per heavy atom. The number of nitrogens with one attached hydrogen (secondary N) is 1. The van der Waals surface area contributed by atoms with Crippen LogP contribution in [-0.2, 0) is 6.54 Å². The number of nitrogens with zero attached hydrogens (tertiary/aromatic N) is 3. The number of hydrogen-bond donors (Lipinski definition) is 2. The SMILES string of the molecule is Cc1noc(CNC(=O)c2cncc(C#CCO)c2)n1. The zero-order valence-electron chi connectivity index (χ0n) is 10.8. The zero-order valence-corrected chi connectivity index (χ0v) is 10.8. The summed E-state index contributed by atoms with van der Waals surface area (Å²) in [5.41, 5.74) is 0.923. The van der Waals surface area contributed by atoms with Crippen LogP contribution in [0.1, 0.15) is 27.6 Å². The average molecular weight is 272 g/mol. The summed E-state index contributed by atoms with van der Waals surface area (Å²) in [4.78, 5) is 19.8. The Bertz CT molecular complexity index is 669. The minimum absolute atomic E-state index is 0.145. The Morgan fingerprint density at radius 2 is 2.35 bits per heavy atom. The van der Waals surface area contributed by atoms with Gasteiger partial charge in [0.1, 0.15) is 6.61 Å². The van der Waals surface area contributed by atoms with Gasteiger partial charge in [-0.15, -0.1) is 0 Å². The average Bonchev–Trinajstić information content (AvgIpc) is 2.88. The molecule has 2 aromatic rings. The molecule has 0 aliphatic carbocycles. The van der Waals surface area contributed by atoms with Crippen molar-refractivity contribution < 1.29 is 14.4 Å². The van der Waals surface area contributed by atoms with Crippen molar-refractivity contribution in [2.45, 2.75) is 13.5 Å². The van der Waals surface area contributed by atoms with Crippen molar-refractivity contribution >= 4 is 5.91 Å². The van der Waals surface area contributed by atoms with Crippen molar-refractivity contribution in [3.8, 4) is 11.8 Å². The van der Waals surface area contributed by atoms with Gasteiger partial charge < -0.3 is 14.9 Å². The fourth-order valence-corrected chi connectivity index (χ4v) is 1.44. The molecule has 2 heterocycles. The van der Waals surface area contributed by atoms with E-state index in [1.165, 1.54) is 12.4 Å². The van der Waals surface area contributed by atoms with Crippen molar-refractivity contribution in [2.24, 2.45) is 0 Å². The third kappa shape index (κ3) is 3.63. The van der Waals surface area contributed by atoms with Crippen LogP contribution in [0, 0.1) is 18.8 Å². The minimum atomic E-state index is -0.319. The molecule has 0 aliphatic heterocycles. The standard InChI is InChI=1S/C13H12N4O3/c1-9-16-12(20-17-9)8-15-13(19)11-5-10(3-2-4-18)6-14-7-11/h5-7,18H,4,8H2,1H3,(H,15,19). The number of rotatable bonds is 3. The van der Waals surface area contributed by atoms with Gasteiger partial charge >= 0.3 is 0 Å². The highest BCUT2D eigenvalue weighted by Gasteiger charge is 2.09. The van der Waals surface area contributed by atoms with E-state index in [4.69, 9.17) is 9.63 Å². The van der Waals surface area contributed by atoms with Gasteiger partial charge in [0.05, 0.1) is 12.1 Å². The monoisotopic (exact) mass is 272 g/mol. The normalized spacial score (nSPS) is 9.70. The van der Waals surface area contributed by atoms with Gasteiger partial charge in [-0.25, -0.2) is 0 Å². The predicted molar refractivity (Wildman–Crippen MR) is 68.4 cm³/mol. The van der Waals surface area contributed by atoms with E-state index in [0.29, 0.717) is 22.8 Å². The summed E-state index contributed by atoms with van der Waals surface area (Å²) >= 11 is 0. The summed E-state index contributed by atoms with van der Waals surface area (Å²) in [7, 11) is 0. The van der Waals surface area contributed by atoms with Gasteiger partial charge in [0.25, 0.3) is 5.91 Å². The fourth-order valence-electron chi connectivity index (χ4n) is 1.44. The summed E-state index contributed by atoms with van der Waals surface area (Å²) in [5.74, 6) is 5.70. The molecule has 0 aromatic carbocycles. The topological polar surface area (TPSA) is 101 Å². The van der Waals surface area contributed by atoms with Gasteiger partial charge in [-0.3, -0.25) is 9.78 Å². The van der Waals surface area contributed by atoms with E-state index in [-0.39, 0.29) is 19.1 Å². The first kappa shape index (κ1) is 13.7. The van der Waals surface area contributed by atoms with Crippen LogP contribution in [0.2, 0.25) is 0 Å². The number of hydrogen-bond acceptors (Lipinski definition) is 6. The maximum absolute atomic E-state index is 11.9. The van der Waals surface area contributed by atoms with Crippen LogP contribution in [-0.4, -0.2) is 32.7 Å². The summed E-state index contributed by atoms with van der Waals surface area (Å²) in [6.45, 7) is 1.60. The number of amides is 1. The van der Waals surface area contributed by atoms with Crippen LogP contribution >= 0.6 is 0 Å². The first-order valence-corrected chi connectivity index (χ1v) is 5.81. The third-order valence-electron chi connectivity index (χ3n) is 2.28. The number of aliphatic hydroxyl groups excluding tert-OH is 1. The molecular weight excluding hydrogens is 260 g/mol. The van der Waals surface area contributed by atoms with Crippen molar-refractivity contribution in [1.82, 2.24) is 20.4 Å². The quantitative estimate of drug-likeness (QED) is 0.765. The molecule has 1 amide bonds. The van der Waals surface area contributed by atoms with Crippen molar-refractivity contribution in [1.29, 1.82) is 0 Å². The number of pyridine rings is 1. The van der Waals surface area contributed by atoms with Crippen LogP contribution in [0.5, 0.6) is 0 Å². The van der Waals surface area contributed by atoms with E-state index in [1.807, 2.05) is 0 Å². The van der Waals surface area contributed by atoms with E-state index >= 15 is 0 Å². The molecule has 2 aromatic heterocycles. The second-order valence-electron chi connectivity index (χ2n) is 3.84. The number of aryl methyl sites for hydroxylation is 1. The molecule has 0 saturated carbocycles. The molecule has 2 N–H and O–H groups in total. The first-order chi connectivity index (χ1) is 9.69. The summed E-state index contributed by atoms with van der Waals surface area (Å²) in [6, 6.07) is 1.59. The second kappa shape index (κ2) is 6.45. The molecule has 20 heavy (non-hydrogen) atoms. The second-order valence-corrected chi connectivity index (χ2v) is 3.84. The highest BCUT2D eigenvalue weighted by atomic mass is 16.5. The molecular formula is C13H12N4O3. The molecule has 0 spiro atoms. The lowest BCUT2D eigenvalue weighted by molar-refractivity contribution is 0.0946. The highest BCUT2D eigenvalue weighted by Crippen LogP contribution is 2.02. The highest BCUT2D eigenvalue weighted by molar-refractivity contribution is 5.94. The molecule has 0 fully saturated rings. The van der Waals surface area contributed by atoms with Crippen molar-refractivity contribution in [2.75, 3.05) is 6.61 Å². The molecule has 2 rings (SSSR count). The summed E-state index contributed by atoms with van der Waals surface area (Å²) in [5, 5.41) is 14.9. The lowest BCUT2D eigenvalue weighted by atomic mass is 10.2. The molecule has 0 aliphatic rings. The molecule has 0 radical (unpaired) electrons. The first-order valence-electron chi connectivity index (χ1n) is 5.81. The third-order valence-corrected chi connectivity index (χ3v) is 2.28. The van der Waals surface area contributed by atoms with E-state index in [9.17, 15) is 4.79 Å². The van der Waals surface area contributed by atoms with Crippen LogP contribution in [0.3, 0.4) is 0 Å². The maximum atomic E-state index is 11.9. The van der Waals surface area contributed by atoms with Crippen LogP contribution in [0.15, 0.2) is 23.0 Å². The molecule has 0 atom stereocenters. The molecule has 7 heteroatoms. The number of aromatic nitrogens is 3. The Balaban J connectivity index is 2.01. The van der Waals surface area contributed by atoms with Crippen LogP contribution in [0.25, 0.3) is 0 Å². The number of carbonyl (C=O) groups excluding carboxylic acids is 1. The number of carbonyl (C=O) groups is 1. The van der Waals surface area contributed by atoms with Gasteiger partial charge in [0, 0.05) is 18.0 Å². The van der Waals surface area contributed by atoms with E-state index in [2.05, 4.69) is 32.3 Å². The van der Waals surface area contributed by atoms with E-state index in [1.54, 1.807) is 13.0 Å². The van der Waals surface area contributed by atoms with Crippen LogP contribution < -0.4 is 5.32 Å². The molecule has 0 saturated heterocycles. The minimum Gasteiger partial charge on any atom is -0.384 e. The summed E-state index contributed by atoms with van der Waals surface area (Å²) < 4.78 is 4.89. The number of aliphatic hydroxyl groups is 1. The predicted octanol–water partition coefficient (Wildman–Crippen LogP) is 0.0468. The Hall–Kier alpha value is -2.72. The smallest absolute Gasteiger partial charge is 0.253 e. The summed E-state index contributed by atoms with van der Waals surface area (Å²) in [6.07, 6.45) is 2.94. The molecule has 0 bridgehead atoms. The van der Waals surface area contributed by atoms with Crippen LogP contribution in [0.4, 0.5) is 0 Å². The van der Waals surface area contributed by atoms with Gasteiger partial charge in [0.2, 0.25) is 5.89 Å². The van der Waals surface area contributed by atoms with E-state index in [0.717, 1.165) is 0 Å². The van der Waals surface area contributed by atoms with Gasteiger partial charge in [-0.1, -0.05) is 17.0 Å². The molecule has 0 unspecified atom stereocenters. The largest absolute Gasteiger partial charge is 0.384 e. The Morgan fingerprint density at radius 1 is 1.50 bits per heavy atom. The van der Waals surface area contributed by atoms with Gasteiger partial charge in [0.15, 0.2) is 5.82 Å². The van der Waals surface area contributed by atoms with Gasteiger partial charge in [-0.05, 0) is 13.0 Å². The fraction of sp³-hybridized carbons (Fsp3) is 0.231. The lowest BCUT2D eigenvalue weighted by Crippen LogP contribution is -2.23. The Labute approximate surface area is 115 Å². The maximum Gasteiger partial charge on any atom is 0.253 e. The lowest BCUT2D eigenvalue weighted by Gasteiger charge is -2.02. The molecule has 7 nitrogen and oxygen atoms in total. The zero-order chi connectivity index (χ0) is 14.4. The van der Waals surface area contributed by atoms with Crippen molar-refractivity contribution in [3.63, 3.8) is 0 Å². The molecule has 102 valence electrons. The van der Waals surface area contributed by atoms with Gasteiger partial charge in [-0.2, -0.15) is 4.98 Å². The van der Waals surface area contributed by atoms with E-state index < -0.39 is 0 Å².